The monoisotopic (exact) mass is 337 g/mol. The van der Waals surface area contributed by atoms with Crippen LogP contribution < -0.4 is 5.32 Å². The number of nitrogens with zero attached hydrogens (tertiary/aromatic N) is 2. The van der Waals surface area contributed by atoms with Gasteiger partial charge in [0.05, 0.1) is 17.4 Å². The maximum absolute atomic E-state index is 12.9. The summed E-state index contributed by atoms with van der Waals surface area (Å²) in [6.45, 7) is 7.21. The van der Waals surface area contributed by atoms with Crippen LogP contribution in [0.2, 0.25) is 0 Å². The summed E-state index contributed by atoms with van der Waals surface area (Å²) < 4.78 is 0. The topological polar surface area (TPSA) is 45.2 Å². The molecule has 1 aliphatic heterocycles. The van der Waals surface area contributed by atoms with Gasteiger partial charge in [0.15, 0.2) is 0 Å². The minimum Gasteiger partial charge on any atom is -0.354 e. The molecule has 1 atom stereocenters. The lowest BCUT2D eigenvalue weighted by Gasteiger charge is -2.35. The van der Waals surface area contributed by atoms with Crippen molar-refractivity contribution in [3.8, 4) is 0 Å². The van der Waals surface area contributed by atoms with Crippen molar-refractivity contribution in [2.75, 3.05) is 11.9 Å². The largest absolute Gasteiger partial charge is 0.354 e. The number of aromatic nitrogens is 1. The highest BCUT2D eigenvalue weighted by atomic mass is 16.2. The van der Waals surface area contributed by atoms with Crippen molar-refractivity contribution in [3.63, 3.8) is 0 Å². The third-order valence-electron chi connectivity index (χ3n) is 5.14. The Kier molecular flexibility index (Phi) is 5.37. The van der Waals surface area contributed by atoms with E-state index in [0.717, 1.165) is 37.2 Å². The molecule has 25 heavy (non-hydrogen) atoms. The number of likely N-dealkylation sites (tertiary alicyclic amines) is 1. The number of anilines is 2. The number of hydrogen-bond donors (Lipinski definition) is 1. The zero-order valence-electron chi connectivity index (χ0n) is 15.4. The second kappa shape index (κ2) is 7.68. The molecule has 0 spiro atoms. The molecule has 1 amide bonds. The van der Waals surface area contributed by atoms with Crippen molar-refractivity contribution in [1.29, 1.82) is 0 Å². The molecule has 1 N–H and O–H groups in total. The zero-order valence-corrected chi connectivity index (χ0v) is 15.4. The number of benzene rings is 1. The quantitative estimate of drug-likeness (QED) is 0.867. The van der Waals surface area contributed by atoms with Gasteiger partial charge in [0.2, 0.25) is 0 Å². The number of amides is 1. The third-order valence-corrected chi connectivity index (χ3v) is 5.14. The summed E-state index contributed by atoms with van der Waals surface area (Å²) in [4.78, 5) is 19.2. The molecule has 0 bridgehead atoms. The Morgan fingerprint density at radius 3 is 2.76 bits per heavy atom. The van der Waals surface area contributed by atoms with Crippen LogP contribution in [0.25, 0.3) is 0 Å². The smallest absolute Gasteiger partial charge is 0.255 e. The SMILES string of the molecule is CCC1CCCCN1C(=O)c1cncc(Nc2ccc(C)c(C)c2)c1. The zero-order chi connectivity index (χ0) is 17.8. The molecule has 1 unspecified atom stereocenters. The van der Waals surface area contributed by atoms with Crippen LogP contribution in [0.15, 0.2) is 36.7 Å². The van der Waals surface area contributed by atoms with Crippen LogP contribution in [0, 0.1) is 13.8 Å². The van der Waals surface area contributed by atoms with Crippen LogP contribution in [0.3, 0.4) is 0 Å². The molecule has 1 aromatic carbocycles. The summed E-state index contributed by atoms with van der Waals surface area (Å²) in [7, 11) is 0. The maximum atomic E-state index is 12.9. The number of rotatable bonds is 4. The first-order valence-electron chi connectivity index (χ1n) is 9.18. The van der Waals surface area contributed by atoms with Gasteiger partial charge in [-0.3, -0.25) is 9.78 Å². The molecule has 1 aliphatic rings. The van der Waals surface area contributed by atoms with Gasteiger partial charge in [-0.25, -0.2) is 0 Å². The molecule has 1 aromatic heterocycles. The number of piperidine rings is 1. The van der Waals surface area contributed by atoms with Crippen molar-refractivity contribution in [2.45, 2.75) is 52.5 Å². The molecule has 3 rings (SSSR count). The Morgan fingerprint density at radius 2 is 2.00 bits per heavy atom. The highest BCUT2D eigenvalue weighted by Gasteiger charge is 2.26. The molecule has 1 fully saturated rings. The molecule has 0 aliphatic carbocycles. The Hall–Kier alpha value is -2.36. The van der Waals surface area contributed by atoms with Gasteiger partial charge in [-0.1, -0.05) is 13.0 Å². The molecule has 0 saturated carbocycles. The van der Waals surface area contributed by atoms with Crippen LogP contribution in [0.1, 0.15) is 54.1 Å². The summed E-state index contributed by atoms with van der Waals surface area (Å²) in [5, 5.41) is 3.36. The fourth-order valence-corrected chi connectivity index (χ4v) is 3.47. The second-order valence-electron chi connectivity index (χ2n) is 6.94. The molecule has 2 aromatic rings. The van der Waals surface area contributed by atoms with Gasteiger partial charge in [-0.2, -0.15) is 0 Å². The summed E-state index contributed by atoms with van der Waals surface area (Å²) in [6, 6.07) is 8.53. The van der Waals surface area contributed by atoms with Crippen molar-refractivity contribution >= 4 is 17.3 Å². The normalized spacial score (nSPS) is 17.4. The van der Waals surface area contributed by atoms with E-state index in [4.69, 9.17) is 0 Å². The van der Waals surface area contributed by atoms with Crippen molar-refractivity contribution in [1.82, 2.24) is 9.88 Å². The van der Waals surface area contributed by atoms with Crippen LogP contribution in [0.4, 0.5) is 11.4 Å². The first-order chi connectivity index (χ1) is 12.1. The average molecular weight is 337 g/mol. The molecule has 0 radical (unpaired) electrons. The minimum absolute atomic E-state index is 0.0998. The Bertz CT molecular complexity index is 757. The van der Waals surface area contributed by atoms with Gasteiger partial charge >= 0.3 is 0 Å². The van der Waals surface area contributed by atoms with Gasteiger partial charge < -0.3 is 10.2 Å². The van der Waals surface area contributed by atoms with Gasteiger partial charge in [0.25, 0.3) is 5.91 Å². The number of pyridine rings is 1. The molecular weight excluding hydrogens is 310 g/mol. The Labute approximate surface area is 150 Å². The van der Waals surface area contributed by atoms with Crippen molar-refractivity contribution in [3.05, 3.63) is 53.3 Å². The Balaban J connectivity index is 1.78. The lowest BCUT2D eigenvalue weighted by atomic mass is 9.99. The molecule has 2 heterocycles. The molecule has 1 saturated heterocycles. The van der Waals surface area contributed by atoms with Crippen LogP contribution in [-0.2, 0) is 0 Å². The lowest BCUT2D eigenvalue weighted by Crippen LogP contribution is -2.43. The van der Waals surface area contributed by atoms with E-state index in [1.807, 2.05) is 11.0 Å². The highest BCUT2D eigenvalue weighted by Crippen LogP contribution is 2.24. The van der Waals surface area contributed by atoms with E-state index in [1.165, 1.54) is 17.5 Å². The average Bonchev–Trinajstić information content (AvgIpc) is 2.64. The predicted molar refractivity (Wildman–Crippen MR) is 102 cm³/mol. The van der Waals surface area contributed by atoms with Gasteiger partial charge in [0, 0.05) is 24.5 Å². The van der Waals surface area contributed by atoms with E-state index in [-0.39, 0.29) is 5.91 Å². The first kappa shape index (κ1) is 17.5. The summed E-state index contributed by atoms with van der Waals surface area (Å²) in [6.07, 6.45) is 7.87. The van der Waals surface area contributed by atoms with E-state index in [9.17, 15) is 4.79 Å². The lowest BCUT2D eigenvalue weighted by molar-refractivity contribution is 0.0607. The van der Waals surface area contributed by atoms with Crippen LogP contribution in [-0.4, -0.2) is 28.4 Å². The molecule has 4 nitrogen and oxygen atoms in total. The summed E-state index contributed by atoms with van der Waals surface area (Å²) >= 11 is 0. The van der Waals surface area contributed by atoms with Gasteiger partial charge in [-0.15, -0.1) is 0 Å². The van der Waals surface area contributed by atoms with E-state index in [0.29, 0.717) is 11.6 Å². The van der Waals surface area contributed by atoms with Crippen molar-refractivity contribution in [2.24, 2.45) is 0 Å². The van der Waals surface area contributed by atoms with Crippen molar-refractivity contribution < 1.29 is 4.79 Å². The van der Waals surface area contributed by atoms with Crippen LogP contribution >= 0.6 is 0 Å². The predicted octanol–water partition coefficient (Wildman–Crippen LogP) is 4.85. The summed E-state index contributed by atoms with van der Waals surface area (Å²) in [5.41, 5.74) is 5.03. The number of aryl methyl sites for hydroxylation is 2. The van der Waals surface area contributed by atoms with E-state index >= 15 is 0 Å². The van der Waals surface area contributed by atoms with E-state index in [1.54, 1.807) is 12.4 Å². The minimum atomic E-state index is 0.0998. The fourth-order valence-electron chi connectivity index (χ4n) is 3.47. The third kappa shape index (κ3) is 4.01. The molecule has 4 heteroatoms. The molecule has 132 valence electrons. The number of carbonyl (C=O) groups is 1. The fraction of sp³-hybridized carbons (Fsp3) is 0.429. The van der Waals surface area contributed by atoms with Gasteiger partial charge in [0.1, 0.15) is 0 Å². The van der Waals surface area contributed by atoms with Gasteiger partial charge in [-0.05, 0) is 68.9 Å². The maximum Gasteiger partial charge on any atom is 0.255 e. The first-order valence-corrected chi connectivity index (χ1v) is 9.18. The summed E-state index contributed by atoms with van der Waals surface area (Å²) in [5.74, 6) is 0.0998. The van der Waals surface area contributed by atoms with Crippen LogP contribution in [0.5, 0.6) is 0 Å². The number of carbonyl (C=O) groups excluding carboxylic acids is 1. The second-order valence-corrected chi connectivity index (χ2v) is 6.94. The highest BCUT2D eigenvalue weighted by molar-refractivity contribution is 5.95. The molecular formula is C21H27N3O. The number of hydrogen-bond acceptors (Lipinski definition) is 3. The number of nitrogens with one attached hydrogen (secondary N) is 1. The van der Waals surface area contributed by atoms with E-state index in [2.05, 4.69) is 49.3 Å². The Morgan fingerprint density at radius 1 is 1.16 bits per heavy atom. The van der Waals surface area contributed by atoms with E-state index < -0.39 is 0 Å². The standard InChI is InChI=1S/C21H27N3O/c1-4-20-7-5-6-10-24(20)21(25)17-12-19(14-22-13-17)23-18-9-8-15(2)16(3)11-18/h8-9,11-14,20,23H,4-7,10H2,1-3H3.